The Morgan fingerprint density at radius 2 is 1.87 bits per heavy atom. The summed E-state index contributed by atoms with van der Waals surface area (Å²) in [5.74, 6) is -0.217. The number of Topliss-reactive ketones (excluding diaryl/α,β-unsaturated/α-hetero) is 1. The third kappa shape index (κ3) is 2.65. The van der Waals surface area contributed by atoms with Gasteiger partial charge < -0.3 is 0 Å². The molecular weight excluding hydrogens is 286 g/mol. The molecule has 0 fully saturated rings. The topological polar surface area (TPSA) is 58.7 Å². The largest absolute Gasteiger partial charge is 0.293 e. The maximum atomic E-state index is 11.9. The smallest absolute Gasteiger partial charge is 0.181 e. The second kappa shape index (κ2) is 5.90. The minimum absolute atomic E-state index is 0.202. The van der Waals surface area contributed by atoms with Crippen molar-refractivity contribution >= 4 is 5.78 Å². The average Bonchev–Trinajstić information content (AvgIpc) is 2.95. The van der Waals surface area contributed by atoms with Gasteiger partial charge in [-0.2, -0.15) is 10.4 Å². The summed E-state index contributed by atoms with van der Waals surface area (Å²) < 4.78 is 1.68. The van der Waals surface area contributed by atoms with Crippen molar-refractivity contribution in [3.63, 3.8) is 0 Å². The number of hydrogen-bond donors (Lipinski definition) is 0. The quantitative estimate of drug-likeness (QED) is 0.689. The predicted molar refractivity (Wildman–Crippen MR) is 88.5 cm³/mol. The molecule has 3 rings (SSSR count). The molecule has 0 aliphatic heterocycles. The summed E-state index contributed by atoms with van der Waals surface area (Å²) >= 11 is 0. The summed E-state index contributed by atoms with van der Waals surface area (Å²) in [6.07, 6.45) is 0. The summed E-state index contributed by atoms with van der Waals surface area (Å²) in [6.45, 7) is 3.42. The number of rotatable bonds is 3. The zero-order chi connectivity index (χ0) is 16.4. The number of nitriles is 1. The highest BCUT2D eigenvalue weighted by Gasteiger charge is 2.22. The van der Waals surface area contributed by atoms with Crippen molar-refractivity contribution in [3.05, 3.63) is 71.4 Å². The minimum Gasteiger partial charge on any atom is -0.293 e. The van der Waals surface area contributed by atoms with E-state index in [9.17, 15) is 10.1 Å². The van der Waals surface area contributed by atoms with Gasteiger partial charge in [0.1, 0.15) is 17.3 Å². The summed E-state index contributed by atoms with van der Waals surface area (Å²) in [5.41, 5.74) is 3.92. The van der Waals surface area contributed by atoms with E-state index in [2.05, 4.69) is 11.2 Å². The van der Waals surface area contributed by atoms with Gasteiger partial charge in [-0.15, -0.1) is 0 Å². The molecule has 0 unspecified atom stereocenters. The molecule has 0 spiro atoms. The van der Waals surface area contributed by atoms with Crippen LogP contribution in [0.2, 0.25) is 0 Å². The van der Waals surface area contributed by atoms with E-state index in [4.69, 9.17) is 0 Å². The van der Waals surface area contributed by atoms with Crippen LogP contribution in [0.15, 0.2) is 54.6 Å². The molecule has 23 heavy (non-hydrogen) atoms. The Labute approximate surface area is 134 Å². The summed E-state index contributed by atoms with van der Waals surface area (Å²) in [7, 11) is 0. The monoisotopic (exact) mass is 301 g/mol. The van der Waals surface area contributed by atoms with Crippen LogP contribution in [0.1, 0.15) is 28.5 Å². The molecule has 0 saturated heterocycles. The van der Waals surface area contributed by atoms with Gasteiger partial charge in [-0.25, -0.2) is 4.68 Å². The van der Waals surface area contributed by atoms with Gasteiger partial charge in [0.05, 0.1) is 11.4 Å². The van der Waals surface area contributed by atoms with Gasteiger partial charge in [-0.1, -0.05) is 42.5 Å². The molecule has 112 valence electrons. The Bertz CT molecular complexity index is 918. The molecular formula is C19H15N3O. The van der Waals surface area contributed by atoms with Crippen LogP contribution >= 0.6 is 0 Å². The van der Waals surface area contributed by atoms with Gasteiger partial charge in [-0.3, -0.25) is 4.79 Å². The normalized spacial score (nSPS) is 10.3. The van der Waals surface area contributed by atoms with Gasteiger partial charge in [0.2, 0.25) is 0 Å². The fourth-order valence-electron chi connectivity index (χ4n) is 2.58. The minimum atomic E-state index is -0.217. The number of hydrogen-bond acceptors (Lipinski definition) is 3. The van der Waals surface area contributed by atoms with Crippen molar-refractivity contribution in [2.75, 3.05) is 0 Å². The lowest BCUT2D eigenvalue weighted by Crippen LogP contribution is -2.01. The van der Waals surface area contributed by atoms with Crippen LogP contribution in [0.4, 0.5) is 0 Å². The maximum absolute atomic E-state index is 11.9. The zero-order valence-electron chi connectivity index (χ0n) is 12.9. The number of carbonyl (C=O) groups is 1. The molecule has 0 aliphatic carbocycles. The van der Waals surface area contributed by atoms with Gasteiger partial charge in [0, 0.05) is 12.5 Å². The first-order valence-electron chi connectivity index (χ1n) is 7.28. The third-order valence-corrected chi connectivity index (χ3v) is 3.62. The van der Waals surface area contributed by atoms with Crippen LogP contribution in [0, 0.1) is 18.3 Å². The molecule has 1 aromatic heterocycles. The number of aryl methyl sites for hydroxylation is 1. The molecule has 4 heteroatoms. The number of benzene rings is 2. The predicted octanol–water partition coefficient (Wildman–Crippen LogP) is 3.92. The van der Waals surface area contributed by atoms with E-state index < -0.39 is 0 Å². The molecule has 0 aliphatic rings. The Kier molecular flexibility index (Phi) is 3.78. The first-order chi connectivity index (χ1) is 11.1. The van der Waals surface area contributed by atoms with Crippen molar-refractivity contribution in [1.29, 1.82) is 5.26 Å². The van der Waals surface area contributed by atoms with Crippen LogP contribution < -0.4 is 0 Å². The standard InChI is InChI=1S/C19H15N3O/c1-13-7-6-10-16(11-13)22-19(15-8-4-3-5-9-15)17(12-20)18(21-22)14(2)23/h3-11H,1-2H3. The Morgan fingerprint density at radius 3 is 2.48 bits per heavy atom. The fraction of sp³-hybridized carbons (Fsp3) is 0.105. The van der Waals surface area contributed by atoms with Crippen LogP contribution in [0.25, 0.3) is 16.9 Å². The van der Waals surface area contributed by atoms with Gasteiger partial charge in [0.25, 0.3) is 0 Å². The molecule has 0 N–H and O–H groups in total. The van der Waals surface area contributed by atoms with E-state index in [1.807, 2.05) is 61.5 Å². The van der Waals surface area contributed by atoms with Crippen LogP contribution in [0.5, 0.6) is 0 Å². The highest BCUT2D eigenvalue weighted by Crippen LogP contribution is 2.29. The second-order valence-electron chi connectivity index (χ2n) is 5.36. The fourth-order valence-corrected chi connectivity index (χ4v) is 2.58. The van der Waals surface area contributed by atoms with Crippen LogP contribution in [-0.4, -0.2) is 15.6 Å². The molecule has 0 bridgehead atoms. The van der Waals surface area contributed by atoms with Gasteiger partial charge in [0.15, 0.2) is 5.78 Å². The molecule has 0 saturated carbocycles. The van der Waals surface area contributed by atoms with Crippen LogP contribution in [-0.2, 0) is 0 Å². The SMILES string of the molecule is CC(=O)c1nn(-c2cccc(C)c2)c(-c2ccccc2)c1C#N. The summed E-state index contributed by atoms with van der Waals surface area (Å²) in [5, 5.41) is 14.0. The van der Waals surface area contributed by atoms with Crippen molar-refractivity contribution in [3.8, 4) is 23.0 Å². The van der Waals surface area contributed by atoms with E-state index in [1.54, 1.807) is 4.68 Å². The lowest BCUT2D eigenvalue weighted by Gasteiger charge is -2.08. The van der Waals surface area contributed by atoms with Crippen molar-refractivity contribution in [2.24, 2.45) is 0 Å². The summed E-state index contributed by atoms with van der Waals surface area (Å²) in [4.78, 5) is 11.9. The molecule has 0 radical (unpaired) electrons. The first-order valence-corrected chi connectivity index (χ1v) is 7.28. The molecule has 2 aromatic carbocycles. The third-order valence-electron chi connectivity index (χ3n) is 3.62. The first kappa shape index (κ1) is 14.7. The van der Waals surface area contributed by atoms with E-state index >= 15 is 0 Å². The highest BCUT2D eigenvalue weighted by atomic mass is 16.1. The number of aromatic nitrogens is 2. The second-order valence-corrected chi connectivity index (χ2v) is 5.36. The average molecular weight is 301 g/mol. The van der Waals surface area contributed by atoms with E-state index in [0.29, 0.717) is 11.3 Å². The van der Waals surface area contributed by atoms with Crippen molar-refractivity contribution < 1.29 is 4.79 Å². The van der Waals surface area contributed by atoms with E-state index in [0.717, 1.165) is 16.8 Å². The Balaban J connectivity index is 2.36. The summed E-state index contributed by atoms with van der Waals surface area (Å²) in [6, 6.07) is 19.5. The van der Waals surface area contributed by atoms with Crippen molar-refractivity contribution in [2.45, 2.75) is 13.8 Å². The van der Waals surface area contributed by atoms with E-state index in [1.165, 1.54) is 6.92 Å². The lowest BCUT2D eigenvalue weighted by molar-refractivity contribution is 0.101. The Morgan fingerprint density at radius 1 is 1.13 bits per heavy atom. The number of ketones is 1. The molecule has 0 amide bonds. The maximum Gasteiger partial charge on any atom is 0.181 e. The number of nitrogens with zero attached hydrogens (tertiary/aromatic N) is 3. The molecule has 1 heterocycles. The lowest BCUT2D eigenvalue weighted by atomic mass is 10.0. The molecule has 3 aromatic rings. The van der Waals surface area contributed by atoms with E-state index in [-0.39, 0.29) is 11.5 Å². The Hall–Kier alpha value is -3.19. The van der Waals surface area contributed by atoms with Gasteiger partial charge in [-0.05, 0) is 24.6 Å². The molecule has 4 nitrogen and oxygen atoms in total. The van der Waals surface area contributed by atoms with Gasteiger partial charge >= 0.3 is 0 Å². The van der Waals surface area contributed by atoms with Crippen molar-refractivity contribution in [1.82, 2.24) is 9.78 Å². The number of carbonyl (C=O) groups excluding carboxylic acids is 1. The van der Waals surface area contributed by atoms with Crippen LogP contribution in [0.3, 0.4) is 0 Å². The zero-order valence-corrected chi connectivity index (χ0v) is 12.9. The highest BCUT2D eigenvalue weighted by molar-refractivity contribution is 5.97. The molecule has 0 atom stereocenters.